The van der Waals surface area contributed by atoms with Gasteiger partial charge in [0, 0.05) is 37.0 Å². The van der Waals surface area contributed by atoms with Crippen molar-refractivity contribution in [3.05, 3.63) is 34.7 Å². The molecule has 0 saturated heterocycles. The highest BCUT2D eigenvalue weighted by Crippen LogP contribution is 1.99. The molecule has 0 aliphatic carbocycles. The zero-order valence-corrected chi connectivity index (χ0v) is 8.33. The molecule has 0 N–H and O–H groups in total. The average Bonchev–Trinajstić information content (AvgIpc) is 2.15. The number of aromatic nitrogens is 1. The van der Waals surface area contributed by atoms with E-state index in [0.717, 1.165) is 31.7 Å². The van der Waals surface area contributed by atoms with Gasteiger partial charge in [0.25, 0.3) is 0 Å². The Bertz CT molecular complexity index is 275. The van der Waals surface area contributed by atoms with E-state index >= 15 is 0 Å². The fourth-order valence-corrected chi connectivity index (χ4v) is 1.35. The van der Waals surface area contributed by atoms with Crippen LogP contribution in [0.2, 0.25) is 0 Å². The van der Waals surface area contributed by atoms with E-state index in [4.69, 9.17) is 11.6 Å². The number of alkyl halides is 1. The standard InChI is InChI=1S/C10H14ClNO/c11-6-2-1-3-7-12-8-4-10(13)5-9-12/h4-5,8-9H,1-3,6-7H2. The largest absolute Gasteiger partial charge is 0.354 e. The van der Waals surface area contributed by atoms with Gasteiger partial charge in [0.1, 0.15) is 0 Å². The summed E-state index contributed by atoms with van der Waals surface area (Å²) in [6, 6.07) is 3.17. The molecule has 0 unspecified atom stereocenters. The monoisotopic (exact) mass is 199 g/mol. The average molecular weight is 200 g/mol. The number of aryl methyl sites for hydroxylation is 1. The Labute approximate surface area is 83.2 Å². The fraction of sp³-hybridized carbons (Fsp3) is 0.500. The minimum Gasteiger partial charge on any atom is -0.354 e. The maximum Gasteiger partial charge on any atom is 0.181 e. The lowest BCUT2D eigenvalue weighted by atomic mass is 10.2. The second-order valence-electron chi connectivity index (χ2n) is 3.02. The van der Waals surface area contributed by atoms with Gasteiger partial charge in [-0.2, -0.15) is 0 Å². The number of hydrogen-bond acceptors (Lipinski definition) is 1. The first kappa shape index (κ1) is 10.3. The van der Waals surface area contributed by atoms with Gasteiger partial charge < -0.3 is 4.57 Å². The molecule has 0 spiro atoms. The predicted octanol–water partition coefficient (Wildman–Crippen LogP) is 2.26. The molecule has 0 aliphatic rings. The van der Waals surface area contributed by atoms with Gasteiger partial charge in [-0.25, -0.2) is 0 Å². The quantitative estimate of drug-likeness (QED) is 0.527. The summed E-state index contributed by atoms with van der Waals surface area (Å²) in [4.78, 5) is 10.8. The summed E-state index contributed by atoms with van der Waals surface area (Å²) in [7, 11) is 0. The fourth-order valence-electron chi connectivity index (χ4n) is 1.16. The third-order valence-corrected chi connectivity index (χ3v) is 2.18. The zero-order chi connectivity index (χ0) is 9.52. The number of rotatable bonds is 5. The summed E-state index contributed by atoms with van der Waals surface area (Å²) >= 11 is 5.56. The molecule has 3 heteroatoms. The predicted molar refractivity (Wildman–Crippen MR) is 55.3 cm³/mol. The van der Waals surface area contributed by atoms with Crippen LogP contribution in [0.15, 0.2) is 29.3 Å². The van der Waals surface area contributed by atoms with Crippen LogP contribution in [0, 0.1) is 0 Å². The molecular formula is C10H14ClNO. The highest BCUT2D eigenvalue weighted by atomic mass is 35.5. The normalized spacial score (nSPS) is 10.2. The van der Waals surface area contributed by atoms with Crippen LogP contribution in [0.3, 0.4) is 0 Å². The lowest BCUT2D eigenvalue weighted by Crippen LogP contribution is -2.03. The van der Waals surface area contributed by atoms with Crippen molar-refractivity contribution in [2.75, 3.05) is 5.88 Å². The van der Waals surface area contributed by atoms with E-state index in [1.165, 1.54) is 0 Å². The van der Waals surface area contributed by atoms with Crippen molar-refractivity contribution >= 4 is 11.6 Å². The number of halogens is 1. The molecule has 0 aliphatic heterocycles. The van der Waals surface area contributed by atoms with Gasteiger partial charge in [-0.15, -0.1) is 11.6 Å². The highest BCUT2D eigenvalue weighted by Gasteiger charge is 1.90. The smallest absolute Gasteiger partial charge is 0.181 e. The van der Waals surface area contributed by atoms with Crippen molar-refractivity contribution in [3.8, 4) is 0 Å². The number of nitrogens with zero attached hydrogens (tertiary/aromatic N) is 1. The van der Waals surface area contributed by atoms with E-state index in [1.54, 1.807) is 12.1 Å². The molecule has 1 rings (SSSR count). The van der Waals surface area contributed by atoms with Crippen molar-refractivity contribution in [2.45, 2.75) is 25.8 Å². The Hall–Kier alpha value is -0.760. The van der Waals surface area contributed by atoms with Gasteiger partial charge in [0.05, 0.1) is 0 Å². The van der Waals surface area contributed by atoms with E-state index in [1.807, 2.05) is 17.0 Å². The van der Waals surface area contributed by atoms with Gasteiger partial charge in [-0.05, 0) is 12.8 Å². The van der Waals surface area contributed by atoms with Gasteiger partial charge in [0.15, 0.2) is 5.43 Å². The van der Waals surface area contributed by atoms with Crippen LogP contribution in [0.5, 0.6) is 0 Å². The zero-order valence-electron chi connectivity index (χ0n) is 7.58. The molecule has 0 saturated carbocycles. The van der Waals surface area contributed by atoms with E-state index in [9.17, 15) is 4.79 Å². The summed E-state index contributed by atoms with van der Waals surface area (Å²) in [6.07, 6.45) is 6.99. The van der Waals surface area contributed by atoms with Crippen LogP contribution in [-0.4, -0.2) is 10.4 Å². The van der Waals surface area contributed by atoms with Crippen LogP contribution >= 0.6 is 11.6 Å². The Morgan fingerprint density at radius 3 is 2.46 bits per heavy atom. The van der Waals surface area contributed by atoms with Crippen LogP contribution in [0.25, 0.3) is 0 Å². The first-order valence-corrected chi connectivity index (χ1v) is 5.08. The third kappa shape index (κ3) is 4.13. The van der Waals surface area contributed by atoms with E-state index in [0.29, 0.717) is 0 Å². The summed E-state index contributed by atoms with van der Waals surface area (Å²) in [5.41, 5.74) is 0.0667. The minimum atomic E-state index is 0.0667. The molecule has 72 valence electrons. The lowest BCUT2D eigenvalue weighted by molar-refractivity contribution is 0.600. The number of pyridine rings is 1. The molecule has 0 fully saturated rings. The molecule has 1 aromatic rings. The summed E-state index contributed by atoms with van der Waals surface area (Å²) < 4.78 is 2.02. The van der Waals surface area contributed by atoms with Crippen molar-refractivity contribution in [1.29, 1.82) is 0 Å². The molecule has 0 amide bonds. The van der Waals surface area contributed by atoms with Crippen molar-refractivity contribution in [3.63, 3.8) is 0 Å². The molecular weight excluding hydrogens is 186 g/mol. The first-order valence-electron chi connectivity index (χ1n) is 4.55. The SMILES string of the molecule is O=c1ccn(CCCCCCl)cc1. The molecule has 13 heavy (non-hydrogen) atoms. The third-order valence-electron chi connectivity index (χ3n) is 1.91. The first-order chi connectivity index (χ1) is 6.33. The van der Waals surface area contributed by atoms with Crippen LogP contribution in [0.1, 0.15) is 19.3 Å². The Kier molecular flexibility index (Phi) is 4.61. The molecule has 0 bridgehead atoms. The Morgan fingerprint density at radius 1 is 1.15 bits per heavy atom. The minimum absolute atomic E-state index is 0.0667. The summed E-state index contributed by atoms with van der Waals surface area (Å²) in [6.45, 7) is 0.969. The maximum atomic E-state index is 10.8. The Balaban J connectivity index is 2.29. The number of hydrogen-bond donors (Lipinski definition) is 0. The van der Waals surface area contributed by atoms with Crippen molar-refractivity contribution in [2.24, 2.45) is 0 Å². The van der Waals surface area contributed by atoms with Gasteiger partial charge >= 0.3 is 0 Å². The molecule has 1 aromatic heterocycles. The topological polar surface area (TPSA) is 22.0 Å². The summed E-state index contributed by atoms with van der Waals surface area (Å²) in [5, 5.41) is 0. The second kappa shape index (κ2) is 5.81. The molecule has 1 heterocycles. The van der Waals surface area contributed by atoms with Gasteiger partial charge in [-0.1, -0.05) is 6.42 Å². The van der Waals surface area contributed by atoms with Crippen molar-refractivity contribution in [1.82, 2.24) is 4.57 Å². The van der Waals surface area contributed by atoms with E-state index < -0.39 is 0 Å². The summed E-state index contributed by atoms with van der Waals surface area (Å²) in [5.74, 6) is 0.740. The highest BCUT2D eigenvalue weighted by molar-refractivity contribution is 6.17. The molecule has 0 radical (unpaired) electrons. The van der Waals surface area contributed by atoms with Crippen LogP contribution < -0.4 is 5.43 Å². The second-order valence-corrected chi connectivity index (χ2v) is 3.40. The molecule has 0 atom stereocenters. The molecule has 2 nitrogen and oxygen atoms in total. The van der Waals surface area contributed by atoms with E-state index in [-0.39, 0.29) is 5.43 Å². The van der Waals surface area contributed by atoms with Crippen LogP contribution in [0.4, 0.5) is 0 Å². The number of unbranched alkanes of at least 4 members (excludes halogenated alkanes) is 2. The lowest BCUT2D eigenvalue weighted by Gasteiger charge is -2.03. The molecule has 0 aromatic carbocycles. The van der Waals surface area contributed by atoms with Gasteiger partial charge in [0.2, 0.25) is 0 Å². The van der Waals surface area contributed by atoms with E-state index in [2.05, 4.69) is 0 Å². The van der Waals surface area contributed by atoms with Crippen LogP contribution in [-0.2, 0) is 6.54 Å². The Morgan fingerprint density at radius 2 is 1.85 bits per heavy atom. The maximum absolute atomic E-state index is 10.8. The van der Waals surface area contributed by atoms with Crippen molar-refractivity contribution < 1.29 is 0 Å². The van der Waals surface area contributed by atoms with Gasteiger partial charge in [-0.3, -0.25) is 4.79 Å².